The van der Waals surface area contributed by atoms with Crippen LogP contribution in [0.5, 0.6) is 0 Å². The summed E-state index contributed by atoms with van der Waals surface area (Å²) >= 11 is 0. The van der Waals surface area contributed by atoms with Crippen LogP contribution in [0.15, 0.2) is 115 Å². The lowest BCUT2D eigenvalue weighted by Crippen LogP contribution is -2.31. The van der Waals surface area contributed by atoms with Crippen LogP contribution < -0.4 is 21.6 Å². The maximum Gasteiger partial charge on any atom is 0.246 e. The highest BCUT2D eigenvalue weighted by Crippen LogP contribution is 2.36. The number of carbonyl (C=O) groups excluding carboxylic acids is 3. The van der Waals surface area contributed by atoms with Gasteiger partial charge in [0.15, 0.2) is 0 Å². The molecule has 5 rings (SSSR count). The molecule has 0 aliphatic rings. The van der Waals surface area contributed by atoms with E-state index in [4.69, 9.17) is 15.7 Å². The summed E-state index contributed by atoms with van der Waals surface area (Å²) in [6, 6.07) is 30.2. The predicted molar refractivity (Wildman–Crippen MR) is 224 cm³/mol. The summed E-state index contributed by atoms with van der Waals surface area (Å²) in [6.45, 7) is 15.8. The quantitative estimate of drug-likeness (QED) is 0.0385. The Hall–Kier alpha value is -5.24. The van der Waals surface area contributed by atoms with Gasteiger partial charge in [-0.15, -0.1) is 0 Å². The predicted octanol–water partition coefficient (Wildman–Crippen LogP) is 5.56. The number of amides is 2. The van der Waals surface area contributed by atoms with Gasteiger partial charge in [-0.25, -0.2) is 0 Å². The Morgan fingerprint density at radius 1 is 0.611 bits per heavy atom. The second-order valence-corrected chi connectivity index (χ2v) is 14.0. The number of carbonyl (C=O) groups is 3. The molecule has 0 aliphatic heterocycles. The molecule has 0 spiro atoms. The van der Waals surface area contributed by atoms with Crippen molar-refractivity contribution in [1.29, 1.82) is 0 Å². The van der Waals surface area contributed by atoms with Crippen LogP contribution in [0.25, 0.3) is 21.5 Å². The third-order valence-electron chi connectivity index (χ3n) is 9.72. The minimum absolute atomic E-state index is 0.145. The van der Waals surface area contributed by atoms with Gasteiger partial charge in [-0.1, -0.05) is 109 Å². The summed E-state index contributed by atoms with van der Waals surface area (Å²) in [6.07, 6.45) is 2.36. The largest absolute Gasteiger partial charge is 0.352 e. The number of nitrogens with one attached hydrogen (secondary N) is 2. The van der Waals surface area contributed by atoms with Crippen molar-refractivity contribution in [3.05, 3.63) is 143 Å². The van der Waals surface area contributed by atoms with E-state index < -0.39 is 0 Å². The SMILES string of the molecule is [B]c1ccccc1CN(CCCNC(=O)C(=C)C)Cc1c2ccccc2c(CN(CCCNC(=O)C(=C)C)Cc2ccccc2[B])c2cc(C=O)ccc12. The van der Waals surface area contributed by atoms with E-state index in [2.05, 4.69) is 70.0 Å². The zero-order chi connectivity index (χ0) is 38.6. The normalized spacial score (nSPS) is 11.3. The fraction of sp³-hybridized carbons (Fsp3) is 0.267. The first-order valence-corrected chi connectivity index (χ1v) is 18.5. The lowest BCUT2D eigenvalue weighted by atomic mass is 9.88. The Kier molecular flexibility index (Phi) is 14.2. The van der Waals surface area contributed by atoms with Gasteiger partial charge in [0, 0.05) is 69.1 Å². The topological polar surface area (TPSA) is 81.8 Å². The number of hydrogen-bond acceptors (Lipinski definition) is 5. The number of rotatable bonds is 19. The average Bonchev–Trinajstić information content (AvgIpc) is 3.17. The van der Waals surface area contributed by atoms with Gasteiger partial charge in [0.1, 0.15) is 22.0 Å². The molecule has 0 saturated heterocycles. The lowest BCUT2D eigenvalue weighted by molar-refractivity contribution is -0.118. The van der Waals surface area contributed by atoms with Gasteiger partial charge in [-0.05, 0) is 76.6 Å². The minimum atomic E-state index is -0.150. The molecule has 2 amide bonds. The van der Waals surface area contributed by atoms with Gasteiger partial charge in [-0.2, -0.15) is 0 Å². The second-order valence-electron chi connectivity index (χ2n) is 14.0. The van der Waals surface area contributed by atoms with E-state index in [1.165, 1.54) is 0 Å². The molecule has 0 saturated carbocycles. The van der Waals surface area contributed by atoms with E-state index in [9.17, 15) is 14.4 Å². The van der Waals surface area contributed by atoms with Crippen molar-refractivity contribution in [3.63, 3.8) is 0 Å². The van der Waals surface area contributed by atoms with E-state index in [1.54, 1.807) is 13.8 Å². The third-order valence-corrected chi connectivity index (χ3v) is 9.72. The van der Waals surface area contributed by atoms with Gasteiger partial charge in [0.25, 0.3) is 0 Å². The molecule has 54 heavy (non-hydrogen) atoms. The Bertz CT molecular complexity index is 2160. The van der Waals surface area contributed by atoms with Crippen molar-refractivity contribution >= 4 is 66.3 Å². The highest BCUT2D eigenvalue weighted by Gasteiger charge is 2.20. The molecule has 0 aliphatic carbocycles. The maximum absolute atomic E-state index is 12.2. The first-order chi connectivity index (χ1) is 26.0. The van der Waals surface area contributed by atoms with Gasteiger partial charge >= 0.3 is 0 Å². The second kappa shape index (κ2) is 19.2. The molecular weight excluding hydrogens is 666 g/mol. The summed E-state index contributed by atoms with van der Waals surface area (Å²) < 4.78 is 0. The highest BCUT2D eigenvalue weighted by molar-refractivity contribution is 6.33. The molecule has 4 radical (unpaired) electrons. The van der Waals surface area contributed by atoms with Crippen LogP contribution in [0.1, 0.15) is 59.3 Å². The van der Waals surface area contributed by atoms with E-state index in [-0.39, 0.29) is 11.8 Å². The average molecular weight is 715 g/mol. The number of nitrogens with zero attached hydrogens (tertiary/aromatic N) is 2. The highest BCUT2D eigenvalue weighted by atomic mass is 16.2. The molecule has 2 N–H and O–H groups in total. The Labute approximate surface area is 322 Å². The first-order valence-electron chi connectivity index (χ1n) is 18.5. The van der Waals surface area contributed by atoms with Crippen molar-refractivity contribution in [1.82, 2.24) is 20.4 Å². The molecular formula is C45H48B2N4O3. The van der Waals surface area contributed by atoms with Crippen LogP contribution >= 0.6 is 0 Å². The van der Waals surface area contributed by atoms with Crippen molar-refractivity contribution < 1.29 is 14.4 Å². The monoisotopic (exact) mass is 714 g/mol. The minimum Gasteiger partial charge on any atom is -0.352 e. The fourth-order valence-electron chi connectivity index (χ4n) is 6.81. The van der Waals surface area contributed by atoms with Gasteiger partial charge in [0.05, 0.1) is 0 Å². The van der Waals surface area contributed by atoms with Gasteiger partial charge in [0.2, 0.25) is 11.8 Å². The van der Waals surface area contributed by atoms with Crippen molar-refractivity contribution in [2.24, 2.45) is 0 Å². The van der Waals surface area contributed by atoms with Crippen LogP contribution in [-0.2, 0) is 35.8 Å². The van der Waals surface area contributed by atoms with Crippen LogP contribution in [0, 0.1) is 0 Å². The molecule has 0 bridgehead atoms. The molecule has 0 aromatic heterocycles. The Morgan fingerprint density at radius 2 is 1.04 bits per heavy atom. The van der Waals surface area contributed by atoms with E-state index in [0.29, 0.717) is 69.1 Å². The van der Waals surface area contributed by atoms with Crippen LogP contribution in [0.4, 0.5) is 0 Å². The molecule has 5 aromatic rings. The van der Waals surface area contributed by atoms with Gasteiger partial charge < -0.3 is 10.6 Å². The fourth-order valence-corrected chi connectivity index (χ4v) is 6.81. The molecule has 0 fully saturated rings. The number of aldehydes is 1. The summed E-state index contributed by atoms with van der Waals surface area (Å²) in [7, 11) is 12.9. The molecule has 5 aromatic carbocycles. The molecule has 9 heteroatoms. The van der Waals surface area contributed by atoms with Crippen LogP contribution in [0.3, 0.4) is 0 Å². The van der Waals surface area contributed by atoms with Gasteiger partial charge in [-0.3, -0.25) is 24.2 Å². The maximum atomic E-state index is 12.2. The lowest BCUT2D eigenvalue weighted by Gasteiger charge is -2.28. The first kappa shape index (κ1) is 40.0. The zero-order valence-corrected chi connectivity index (χ0v) is 31.5. The van der Waals surface area contributed by atoms with Crippen molar-refractivity contribution in [2.75, 3.05) is 26.2 Å². The molecule has 272 valence electrons. The molecule has 0 atom stereocenters. The van der Waals surface area contributed by atoms with Crippen LogP contribution in [0.2, 0.25) is 0 Å². The molecule has 0 heterocycles. The number of benzene rings is 5. The van der Waals surface area contributed by atoms with E-state index in [1.807, 2.05) is 54.6 Å². The number of hydrogen-bond donors (Lipinski definition) is 2. The van der Waals surface area contributed by atoms with E-state index in [0.717, 1.165) is 73.9 Å². The number of fused-ring (bicyclic) bond motifs is 2. The summed E-state index contributed by atoms with van der Waals surface area (Å²) in [4.78, 5) is 41.4. The molecule has 7 nitrogen and oxygen atoms in total. The summed E-state index contributed by atoms with van der Waals surface area (Å²) in [5.74, 6) is -0.295. The third kappa shape index (κ3) is 10.5. The van der Waals surface area contributed by atoms with Crippen molar-refractivity contribution in [2.45, 2.75) is 52.9 Å². The van der Waals surface area contributed by atoms with Crippen LogP contribution in [-0.4, -0.2) is 69.8 Å². The zero-order valence-electron chi connectivity index (χ0n) is 31.5. The molecule has 0 unspecified atom stereocenters. The smallest absolute Gasteiger partial charge is 0.246 e. The Balaban J connectivity index is 1.55. The summed E-state index contributed by atoms with van der Waals surface area (Å²) in [5, 5.41) is 10.3. The van der Waals surface area contributed by atoms with E-state index >= 15 is 0 Å². The Morgan fingerprint density at radius 3 is 1.48 bits per heavy atom. The van der Waals surface area contributed by atoms with Crippen molar-refractivity contribution in [3.8, 4) is 0 Å². The summed E-state index contributed by atoms with van der Waals surface area (Å²) in [5.41, 5.74) is 7.36. The standard InChI is InChI=1S/C45H48B2N4O3/c1-31(2)44(53)48-21-11-23-50(26-34-13-5-9-17-42(34)46)28-40-36-15-7-8-16-37(36)41(39-25-33(30-52)19-20-38(39)40)29-51(24-12-22-49-45(54)32(3)4)27-35-14-6-10-18-43(35)47/h5-10,13-20,25,30H,1,3,11-12,21-24,26-29H2,2,4H3,(H,48,53)(H,49,54).